The molecule has 1 aromatic heterocycles. The number of hydrogen-bond acceptors (Lipinski definition) is 4. The summed E-state index contributed by atoms with van der Waals surface area (Å²) in [7, 11) is 0. The van der Waals surface area contributed by atoms with Crippen LogP contribution >= 0.6 is 11.8 Å². The molecule has 9 heteroatoms. The third-order valence-electron chi connectivity index (χ3n) is 3.36. The van der Waals surface area contributed by atoms with E-state index in [0.717, 1.165) is 17.6 Å². The number of fused-ring (bicyclic) bond motifs is 1. The van der Waals surface area contributed by atoms with Gasteiger partial charge >= 0.3 is 12.2 Å². The summed E-state index contributed by atoms with van der Waals surface area (Å²) < 4.78 is 43.0. The molecule has 5 nitrogen and oxygen atoms in total. The Labute approximate surface area is 151 Å². The lowest BCUT2D eigenvalue weighted by Gasteiger charge is -2.09. The lowest BCUT2D eigenvalue weighted by atomic mass is 10.2. The van der Waals surface area contributed by atoms with Crippen molar-refractivity contribution in [3.63, 3.8) is 0 Å². The lowest BCUT2D eigenvalue weighted by Crippen LogP contribution is -2.30. The van der Waals surface area contributed by atoms with Crippen molar-refractivity contribution in [1.29, 1.82) is 0 Å². The van der Waals surface area contributed by atoms with Gasteiger partial charge in [0.1, 0.15) is 5.52 Å². The van der Waals surface area contributed by atoms with E-state index in [4.69, 9.17) is 4.42 Å². The zero-order valence-electron chi connectivity index (χ0n) is 13.3. The van der Waals surface area contributed by atoms with Gasteiger partial charge in [-0.3, -0.25) is 0 Å². The number of anilines is 1. The monoisotopic (exact) mass is 381 g/mol. The maximum absolute atomic E-state index is 12.5. The van der Waals surface area contributed by atoms with E-state index >= 15 is 0 Å². The number of thioether (sulfide) groups is 1. The van der Waals surface area contributed by atoms with Crippen molar-refractivity contribution in [1.82, 2.24) is 10.3 Å². The molecule has 0 radical (unpaired) electrons. The van der Waals surface area contributed by atoms with Crippen molar-refractivity contribution >= 4 is 34.6 Å². The van der Waals surface area contributed by atoms with Crippen LogP contribution in [0.2, 0.25) is 0 Å². The van der Waals surface area contributed by atoms with E-state index < -0.39 is 17.8 Å². The van der Waals surface area contributed by atoms with E-state index in [1.54, 1.807) is 0 Å². The molecule has 0 aliphatic heterocycles. The molecule has 0 fully saturated rings. The summed E-state index contributed by atoms with van der Waals surface area (Å²) in [5.41, 5.74) is 0.978. The Balaban J connectivity index is 1.42. The summed E-state index contributed by atoms with van der Waals surface area (Å²) in [5.74, 6) is 0.535. The molecular weight excluding hydrogens is 367 g/mol. The Morgan fingerprint density at radius 2 is 1.85 bits per heavy atom. The van der Waals surface area contributed by atoms with Gasteiger partial charge in [-0.15, -0.1) is 0 Å². The van der Waals surface area contributed by atoms with Crippen LogP contribution in [0.25, 0.3) is 11.1 Å². The van der Waals surface area contributed by atoms with Crippen LogP contribution in [0.1, 0.15) is 5.56 Å². The average molecular weight is 381 g/mol. The molecule has 26 heavy (non-hydrogen) atoms. The van der Waals surface area contributed by atoms with E-state index in [2.05, 4.69) is 15.6 Å². The second kappa shape index (κ2) is 7.69. The second-order valence-electron chi connectivity index (χ2n) is 5.25. The van der Waals surface area contributed by atoms with Crippen LogP contribution in [0.4, 0.5) is 23.7 Å². The summed E-state index contributed by atoms with van der Waals surface area (Å²) in [6.45, 7) is 0.343. The summed E-state index contributed by atoms with van der Waals surface area (Å²) in [5, 5.41) is 5.60. The van der Waals surface area contributed by atoms with Crippen molar-refractivity contribution in [2.75, 3.05) is 17.6 Å². The van der Waals surface area contributed by atoms with Gasteiger partial charge in [-0.1, -0.05) is 23.9 Å². The van der Waals surface area contributed by atoms with Gasteiger partial charge in [0, 0.05) is 18.0 Å². The molecule has 0 aliphatic rings. The number of oxazole rings is 1. The highest BCUT2D eigenvalue weighted by molar-refractivity contribution is 7.99. The first-order valence-electron chi connectivity index (χ1n) is 7.62. The highest BCUT2D eigenvalue weighted by Crippen LogP contribution is 2.29. The Morgan fingerprint density at radius 1 is 1.12 bits per heavy atom. The zero-order chi connectivity index (χ0) is 18.6. The predicted octanol–water partition coefficient (Wildman–Crippen LogP) is 4.76. The number of carbonyl (C=O) groups is 1. The van der Waals surface area contributed by atoms with E-state index in [0.29, 0.717) is 23.1 Å². The number of amides is 2. The molecule has 136 valence electrons. The Bertz CT molecular complexity index is 861. The van der Waals surface area contributed by atoms with Gasteiger partial charge in [-0.2, -0.15) is 13.2 Å². The molecular formula is C17H14F3N3O2S. The van der Waals surface area contributed by atoms with E-state index in [1.165, 1.54) is 23.9 Å². The topological polar surface area (TPSA) is 67.2 Å². The van der Waals surface area contributed by atoms with Crippen molar-refractivity contribution in [2.45, 2.75) is 11.4 Å². The quantitative estimate of drug-likeness (QED) is 0.494. The molecule has 2 N–H and O–H groups in total. The van der Waals surface area contributed by atoms with E-state index in [-0.39, 0.29) is 5.69 Å². The maximum atomic E-state index is 12.5. The number of nitrogens with one attached hydrogen (secondary N) is 2. The predicted molar refractivity (Wildman–Crippen MR) is 93.2 cm³/mol. The molecule has 0 aliphatic carbocycles. The molecule has 0 saturated carbocycles. The highest BCUT2D eigenvalue weighted by Gasteiger charge is 2.29. The molecule has 1 heterocycles. The van der Waals surface area contributed by atoms with Crippen LogP contribution < -0.4 is 10.6 Å². The van der Waals surface area contributed by atoms with Gasteiger partial charge in [0.05, 0.1) is 5.56 Å². The fourth-order valence-corrected chi connectivity index (χ4v) is 2.82. The molecule has 0 unspecified atom stereocenters. The maximum Gasteiger partial charge on any atom is 0.416 e. The largest absolute Gasteiger partial charge is 0.431 e. The fraction of sp³-hybridized carbons (Fsp3) is 0.176. The molecule has 0 spiro atoms. The van der Waals surface area contributed by atoms with Crippen LogP contribution in [0, 0.1) is 0 Å². The normalized spacial score (nSPS) is 11.5. The summed E-state index contributed by atoms with van der Waals surface area (Å²) in [4.78, 5) is 16.1. The number of para-hydroxylation sites is 2. The third kappa shape index (κ3) is 4.69. The van der Waals surface area contributed by atoms with Crippen LogP contribution in [-0.2, 0) is 6.18 Å². The summed E-state index contributed by atoms with van der Waals surface area (Å²) in [6, 6.07) is 11.1. The minimum absolute atomic E-state index is 0.280. The van der Waals surface area contributed by atoms with Gasteiger partial charge in [0.25, 0.3) is 5.22 Å². The number of carbonyl (C=O) groups excluding carboxylic acids is 1. The van der Waals surface area contributed by atoms with Crippen molar-refractivity contribution < 1.29 is 22.4 Å². The second-order valence-corrected chi connectivity index (χ2v) is 6.30. The first-order valence-corrected chi connectivity index (χ1v) is 8.61. The Kier molecular flexibility index (Phi) is 5.36. The van der Waals surface area contributed by atoms with Crippen LogP contribution in [0.3, 0.4) is 0 Å². The van der Waals surface area contributed by atoms with Crippen molar-refractivity contribution in [3.05, 3.63) is 54.1 Å². The number of urea groups is 1. The molecule has 0 bridgehead atoms. The van der Waals surface area contributed by atoms with Gasteiger partial charge in [0.15, 0.2) is 5.58 Å². The van der Waals surface area contributed by atoms with Crippen LogP contribution in [0.15, 0.2) is 58.2 Å². The fourth-order valence-electron chi connectivity index (χ4n) is 2.13. The highest BCUT2D eigenvalue weighted by atomic mass is 32.2. The van der Waals surface area contributed by atoms with E-state index in [9.17, 15) is 18.0 Å². The summed E-state index contributed by atoms with van der Waals surface area (Å²) in [6.07, 6.45) is -4.40. The number of aromatic nitrogens is 1. The first kappa shape index (κ1) is 18.1. The Hall–Kier alpha value is -2.68. The number of halogens is 3. The van der Waals surface area contributed by atoms with Crippen molar-refractivity contribution in [3.8, 4) is 0 Å². The SMILES string of the molecule is O=C(NCCSc1nc2ccccc2o1)Nc1ccc(C(F)(F)F)cc1. The smallest absolute Gasteiger partial charge is 0.416 e. The van der Waals surface area contributed by atoms with Gasteiger partial charge in [-0.25, -0.2) is 9.78 Å². The molecule has 0 atom stereocenters. The Morgan fingerprint density at radius 3 is 2.54 bits per heavy atom. The van der Waals surface area contributed by atoms with Crippen molar-refractivity contribution in [2.24, 2.45) is 0 Å². The average Bonchev–Trinajstić information content (AvgIpc) is 3.01. The number of rotatable bonds is 5. The minimum Gasteiger partial charge on any atom is -0.431 e. The lowest BCUT2D eigenvalue weighted by molar-refractivity contribution is -0.137. The number of nitrogens with zero attached hydrogens (tertiary/aromatic N) is 1. The van der Waals surface area contributed by atoms with Gasteiger partial charge in [-0.05, 0) is 36.4 Å². The van der Waals surface area contributed by atoms with Gasteiger partial charge < -0.3 is 15.1 Å². The standard InChI is InChI=1S/C17H14F3N3O2S/c18-17(19,20)11-5-7-12(8-6-11)22-15(24)21-9-10-26-16-23-13-3-1-2-4-14(13)25-16/h1-8H,9-10H2,(H2,21,22,24). The molecule has 3 rings (SSSR count). The van der Waals surface area contributed by atoms with Crippen LogP contribution in [0.5, 0.6) is 0 Å². The zero-order valence-corrected chi connectivity index (χ0v) is 14.2. The number of benzene rings is 2. The molecule has 2 amide bonds. The molecule has 2 aromatic carbocycles. The number of hydrogen-bond donors (Lipinski definition) is 2. The van der Waals surface area contributed by atoms with Gasteiger partial charge in [0.2, 0.25) is 0 Å². The summed E-state index contributed by atoms with van der Waals surface area (Å²) >= 11 is 1.35. The minimum atomic E-state index is -4.40. The molecule has 0 saturated heterocycles. The van der Waals surface area contributed by atoms with E-state index in [1.807, 2.05) is 24.3 Å². The number of alkyl halides is 3. The third-order valence-corrected chi connectivity index (χ3v) is 4.19. The first-order chi connectivity index (χ1) is 12.4. The molecule has 3 aromatic rings. The van der Waals surface area contributed by atoms with Crippen LogP contribution in [-0.4, -0.2) is 23.3 Å².